The van der Waals surface area contributed by atoms with Gasteiger partial charge in [0.05, 0.1) is 6.54 Å². The number of nitrogens with zero attached hydrogens (tertiary/aromatic N) is 2. The van der Waals surface area contributed by atoms with Crippen molar-refractivity contribution in [2.24, 2.45) is 0 Å². The topological polar surface area (TPSA) is 40.6 Å². The summed E-state index contributed by atoms with van der Waals surface area (Å²) >= 11 is 0. The number of amides is 1. The molecule has 3 rings (SSSR count). The van der Waals surface area contributed by atoms with E-state index in [-0.39, 0.29) is 18.2 Å². The lowest BCUT2D eigenvalue weighted by Gasteiger charge is -2.28. The average Bonchev–Trinajstić information content (AvgIpc) is 2.69. The van der Waals surface area contributed by atoms with E-state index in [0.717, 1.165) is 36.1 Å². The third-order valence-corrected chi connectivity index (χ3v) is 4.83. The molecule has 1 heterocycles. The first-order valence-corrected chi connectivity index (χ1v) is 9.68. The largest absolute Gasteiger partial charge is 0.331 e. The normalized spacial score (nSPS) is 13.1. The quantitative estimate of drug-likeness (QED) is 0.730. The van der Waals surface area contributed by atoms with Crippen LogP contribution < -0.4 is 0 Å². The van der Waals surface area contributed by atoms with E-state index in [1.165, 1.54) is 0 Å². The second-order valence-electron chi connectivity index (χ2n) is 7.41. The lowest BCUT2D eigenvalue weighted by atomic mass is 9.96. The summed E-state index contributed by atoms with van der Waals surface area (Å²) in [6.45, 7) is 1.68. The first-order valence-electron chi connectivity index (χ1n) is 9.68. The fourth-order valence-electron chi connectivity index (χ4n) is 3.32. The lowest BCUT2D eigenvalue weighted by Crippen LogP contribution is -2.41. The minimum absolute atomic E-state index is 0.0511. The third kappa shape index (κ3) is 5.31. The fourth-order valence-corrected chi connectivity index (χ4v) is 3.32. The van der Waals surface area contributed by atoms with E-state index in [2.05, 4.69) is 16.7 Å². The van der Waals surface area contributed by atoms with E-state index >= 15 is 0 Å². The number of hydrogen-bond acceptors (Lipinski definition) is 3. The van der Waals surface area contributed by atoms with Crippen molar-refractivity contribution >= 4 is 11.7 Å². The number of benzene rings is 2. The maximum Gasteiger partial charge on any atom is 0.254 e. The average molecular weight is 374 g/mol. The summed E-state index contributed by atoms with van der Waals surface area (Å²) < 4.78 is 0. The molecule has 0 unspecified atom stereocenters. The predicted octanol–water partition coefficient (Wildman–Crippen LogP) is 3.00. The number of hydrogen-bond donors (Lipinski definition) is 0. The van der Waals surface area contributed by atoms with Gasteiger partial charge >= 0.3 is 0 Å². The van der Waals surface area contributed by atoms with E-state index < -0.39 is 0 Å². The number of rotatable bonds is 6. The Morgan fingerprint density at radius 3 is 2.57 bits per heavy atom. The minimum Gasteiger partial charge on any atom is -0.331 e. The van der Waals surface area contributed by atoms with Crippen molar-refractivity contribution in [3.05, 3.63) is 70.8 Å². The van der Waals surface area contributed by atoms with Crippen molar-refractivity contribution in [3.63, 3.8) is 0 Å². The summed E-state index contributed by atoms with van der Waals surface area (Å²) in [5.74, 6) is 6.39. The van der Waals surface area contributed by atoms with Crippen molar-refractivity contribution in [1.29, 1.82) is 0 Å². The summed E-state index contributed by atoms with van der Waals surface area (Å²) in [5.41, 5.74) is 3.58. The molecule has 0 spiro atoms. The Hall–Kier alpha value is -2.90. The van der Waals surface area contributed by atoms with Gasteiger partial charge in [0.2, 0.25) is 0 Å². The van der Waals surface area contributed by atoms with Gasteiger partial charge in [-0.05, 0) is 69.4 Å². The SMILES string of the molecule is CN(C)CCCC(=O)CN1CCc2cc(C#Cc3ccccc3)ccc2C1=O. The van der Waals surface area contributed by atoms with Crippen LogP contribution >= 0.6 is 0 Å². The first-order chi connectivity index (χ1) is 13.5. The zero-order valence-electron chi connectivity index (χ0n) is 16.6. The maximum atomic E-state index is 12.8. The lowest BCUT2D eigenvalue weighted by molar-refractivity contribution is -0.119. The van der Waals surface area contributed by atoms with Gasteiger partial charge in [-0.3, -0.25) is 9.59 Å². The molecule has 0 aliphatic carbocycles. The smallest absolute Gasteiger partial charge is 0.254 e. The van der Waals surface area contributed by atoms with Gasteiger partial charge in [-0.25, -0.2) is 0 Å². The Balaban J connectivity index is 1.64. The van der Waals surface area contributed by atoms with Crippen LogP contribution in [0.5, 0.6) is 0 Å². The van der Waals surface area contributed by atoms with Crippen LogP contribution in [0.3, 0.4) is 0 Å². The molecule has 0 radical (unpaired) electrons. The standard InChI is InChI=1S/C24H26N2O2/c1-25(2)15-6-9-22(27)18-26-16-14-21-17-20(12-13-23(21)24(26)28)11-10-19-7-4-3-5-8-19/h3-5,7-8,12-13,17H,6,9,14-16,18H2,1-2H3. The second kappa shape index (κ2) is 9.34. The van der Waals surface area contributed by atoms with E-state index in [9.17, 15) is 9.59 Å². The van der Waals surface area contributed by atoms with Crippen LogP contribution in [-0.2, 0) is 11.2 Å². The molecule has 2 aromatic carbocycles. The summed E-state index contributed by atoms with van der Waals surface area (Å²) in [6, 6.07) is 15.6. The van der Waals surface area contributed by atoms with Crippen LogP contribution in [-0.4, -0.2) is 55.2 Å². The Morgan fingerprint density at radius 1 is 1.07 bits per heavy atom. The minimum atomic E-state index is -0.0511. The zero-order chi connectivity index (χ0) is 19.9. The number of Topliss-reactive ketones (excluding diaryl/α,β-unsaturated/α-hetero) is 1. The van der Waals surface area contributed by atoms with Crippen LogP contribution in [0.2, 0.25) is 0 Å². The molecule has 0 N–H and O–H groups in total. The molecule has 0 fully saturated rings. The number of carbonyl (C=O) groups excluding carboxylic acids is 2. The molecule has 0 atom stereocenters. The highest BCUT2D eigenvalue weighted by atomic mass is 16.2. The molecular weight excluding hydrogens is 348 g/mol. The van der Waals surface area contributed by atoms with Gasteiger partial charge in [0.1, 0.15) is 0 Å². The summed E-state index contributed by atoms with van der Waals surface area (Å²) in [5, 5.41) is 0. The molecule has 28 heavy (non-hydrogen) atoms. The van der Waals surface area contributed by atoms with Crippen molar-refractivity contribution in [3.8, 4) is 11.8 Å². The second-order valence-corrected chi connectivity index (χ2v) is 7.41. The van der Waals surface area contributed by atoms with E-state index in [4.69, 9.17) is 0 Å². The summed E-state index contributed by atoms with van der Waals surface area (Å²) in [4.78, 5) is 28.7. The fraction of sp³-hybridized carbons (Fsp3) is 0.333. The third-order valence-electron chi connectivity index (χ3n) is 4.83. The van der Waals surface area contributed by atoms with Gasteiger partial charge in [-0.2, -0.15) is 0 Å². The Labute approximate surface area is 167 Å². The molecule has 0 aromatic heterocycles. The molecule has 1 aliphatic rings. The Kier molecular flexibility index (Phi) is 6.62. The summed E-state index contributed by atoms with van der Waals surface area (Å²) in [6.07, 6.45) is 2.10. The summed E-state index contributed by atoms with van der Waals surface area (Å²) in [7, 11) is 3.99. The molecule has 4 heteroatoms. The van der Waals surface area contributed by atoms with Gasteiger partial charge in [-0.15, -0.1) is 0 Å². The Morgan fingerprint density at radius 2 is 1.82 bits per heavy atom. The van der Waals surface area contributed by atoms with Crippen LogP contribution in [0, 0.1) is 11.8 Å². The van der Waals surface area contributed by atoms with Crippen molar-refractivity contribution < 1.29 is 9.59 Å². The highest BCUT2D eigenvalue weighted by molar-refractivity contribution is 5.99. The molecule has 4 nitrogen and oxygen atoms in total. The van der Waals surface area contributed by atoms with E-state index in [0.29, 0.717) is 18.5 Å². The highest BCUT2D eigenvalue weighted by Crippen LogP contribution is 2.20. The maximum absolute atomic E-state index is 12.8. The van der Waals surface area contributed by atoms with Gasteiger partial charge in [0.15, 0.2) is 5.78 Å². The molecule has 2 aromatic rings. The molecule has 1 amide bonds. The van der Waals surface area contributed by atoms with Crippen LogP contribution in [0.25, 0.3) is 0 Å². The van der Waals surface area contributed by atoms with Gasteiger partial charge in [0.25, 0.3) is 5.91 Å². The predicted molar refractivity (Wildman–Crippen MR) is 111 cm³/mol. The zero-order valence-corrected chi connectivity index (χ0v) is 16.6. The van der Waals surface area contributed by atoms with E-state index in [1.807, 2.05) is 62.6 Å². The molecule has 0 saturated carbocycles. The van der Waals surface area contributed by atoms with E-state index in [1.54, 1.807) is 4.90 Å². The van der Waals surface area contributed by atoms with Gasteiger partial charge < -0.3 is 9.80 Å². The number of fused-ring (bicyclic) bond motifs is 1. The van der Waals surface area contributed by atoms with Crippen LogP contribution in [0.1, 0.15) is 39.9 Å². The molecule has 0 bridgehead atoms. The molecular formula is C24H26N2O2. The van der Waals surface area contributed by atoms with Gasteiger partial charge in [0, 0.05) is 29.7 Å². The Bertz CT molecular complexity index is 907. The van der Waals surface area contributed by atoms with Crippen LogP contribution in [0.4, 0.5) is 0 Å². The van der Waals surface area contributed by atoms with Crippen molar-refractivity contribution in [2.75, 3.05) is 33.7 Å². The first kappa shape index (κ1) is 19.9. The number of carbonyl (C=O) groups is 2. The highest BCUT2D eigenvalue weighted by Gasteiger charge is 2.25. The monoisotopic (exact) mass is 374 g/mol. The van der Waals surface area contributed by atoms with Crippen LogP contribution in [0.15, 0.2) is 48.5 Å². The van der Waals surface area contributed by atoms with Crippen molar-refractivity contribution in [2.45, 2.75) is 19.3 Å². The molecule has 0 saturated heterocycles. The number of ketones is 1. The van der Waals surface area contributed by atoms with Crippen molar-refractivity contribution in [1.82, 2.24) is 9.80 Å². The van der Waals surface area contributed by atoms with Gasteiger partial charge in [-0.1, -0.05) is 30.0 Å². The molecule has 144 valence electrons. The molecule has 1 aliphatic heterocycles.